The van der Waals surface area contributed by atoms with Crippen LogP contribution in [0.4, 0.5) is 0 Å². The Kier molecular flexibility index (Phi) is 7.11. The summed E-state index contributed by atoms with van der Waals surface area (Å²) in [6.07, 6.45) is 3.45. The number of esters is 1. The summed E-state index contributed by atoms with van der Waals surface area (Å²) in [5, 5.41) is 3.49. The van der Waals surface area contributed by atoms with Crippen molar-refractivity contribution in [3.05, 3.63) is 35.9 Å². The number of rotatable bonds is 8. The van der Waals surface area contributed by atoms with Gasteiger partial charge in [-0.1, -0.05) is 37.3 Å². The third kappa shape index (κ3) is 5.82. The highest BCUT2D eigenvalue weighted by Crippen LogP contribution is 2.05. The minimum atomic E-state index is -0.132. The summed E-state index contributed by atoms with van der Waals surface area (Å²) in [7, 11) is 1.43. The Bertz CT molecular complexity index is 338. The van der Waals surface area contributed by atoms with Gasteiger partial charge in [-0.25, -0.2) is 0 Å². The van der Waals surface area contributed by atoms with Crippen molar-refractivity contribution in [2.45, 2.75) is 38.6 Å². The zero-order chi connectivity index (χ0) is 13.2. The van der Waals surface area contributed by atoms with Crippen LogP contribution >= 0.6 is 0 Å². The van der Waals surface area contributed by atoms with Crippen molar-refractivity contribution in [3.63, 3.8) is 0 Å². The van der Waals surface area contributed by atoms with Gasteiger partial charge in [-0.05, 0) is 31.4 Å². The maximum Gasteiger partial charge on any atom is 0.305 e. The molecule has 0 saturated heterocycles. The molecule has 0 amide bonds. The van der Waals surface area contributed by atoms with Gasteiger partial charge in [0.1, 0.15) is 0 Å². The van der Waals surface area contributed by atoms with E-state index >= 15 is 0 Å². The normalized spacial score (nSPS) is 12.1. The molecule has 1 aromatic rings. The molecule has 1 atom stereocenters. The average molecular weight is 249 g/mol. The SMILES string of the molecule is CCC(Cc1ccccc1)NCCCC(=O)OC. The second-order valence-corrected chi connectivity index (χ2v) is 4.43. The lowest BCUT2D eigenvalue weighted by molar-refractivity contribution is -0.140. The third-order valence-corrected chi connectivity index (χ3v) is 3.04. The molecule has 1 rings (SSSR count). The van der Waals surface area contributed by atoms with Crippen molar-refractivity contribution < 1.29 is 9.53 Å². The Hall–Kier alpha value is -1.35. The van der Waals surface area contributed by atoms with Crippen LogP contribution in [0.5, 0.6) is 0 Å². The number of methoxy groups -OCH3 is 1. The molecule has 0 bridgehead atoms. The predicted octanol–water partition coefficient (Wildman–Crippen LogP) is 2.55. The molecule has 1 unspecified atom stereocenters. The second-order valence-electron chi connectivity index (χ2n) is 4.43. The van der Waals surface area contributed by atoms with E-state index < -0.39 is 0 Å². The number of benzene rings is 1. The molecular weight excluding hydrogens is 226 g/mol. The second kappa shape index (κ2) is 8.70. The van der Waals surface area contributed by atoms with Crippen LogP contribution in [0.25, 0.3) is 0 Å². The van der Waals surface area contributed by atoms with E-state index in [1.165, 1.54) is 12.7 Å². The topological polar surface area (TPSA) is 38.3 Å². The zero-order valence-corrected chi connectivity index (χ0v) is 11.3. The first-order valence-corrected chi connectivity index (χ1v) is 6.60. The molecule has 3 nitrogen and oxygen atoms in total. The highest BCUT2D eigenvalue weighted by molar-refractivity contribution is 5.69. The number of ether oxygens (including phenoxy) is 1. The van der Waals surface area contributed by atoms with Gasteiger partial charge in [0.15, 0.2) is 0 Å². The predicted molar refractivity (Wildman–Crippen MR) is 73.5 cm³/mol. The molecule has 0 spiro atoms. The van der Waals surface area contributed by atoms with E-state index in [0.29, 0.717) is 12.5 Å². The number of hydrogen-bond acceptors (Lipinski definition) is 3. The maximum absolute atomic E-state index is 11.0. The van der Waals surface area contributed by atoms with Crippen LogP contribution in [0, 0.1) is 0 Å². The molecule has 0 aliphatic heterocycles. The maximum atomic E-state index is 11.0. The molecular formula is C15H23NO2. The Morgan fingerprint density at radius 3 is 2.67 bits per heavy atom. The summed E-state index contributed by atoms with van der Waals surface area (Å²) >= 11 is 0. The Morgan fingerprint density at radius 2 is 2.06 bits per heavy atom. The van der Waals surface area contributed by atoms with Gasteiger partial charge in [-0.2, -0.15) is 0 Å². The van der Waals surface area contributed by atoms with E-state index in [0.717, 1.165) is 25.8 Å². The summed E-state index contributed by atoms with van der Waals surface area (Å²) < 4.78 is 4.61. The monoisotopic (exact) mass is 249 g/mol. The number of hydrogen-bond donors (Lipinski definition) is 1. The molecule has 0 aromatic heterocycles. The molecule has 0 radical (unpaired) electrons. The van der Waals surface area contributed by atoms with Crippen LogP contribution in [-0.2, 0) is 16.0 Å². The van der Waals surface area contributed by atoms with Gasteiger partial charge in [0.25, 0.3) is 0 Å². The lowest BCUT2D eigenvalue weighted by Crippen LogP contribution is -2.31. The lowest BCUT2D eigenvalue weighted by Gasteiger charge is -2.16. The van der Waals surface area contributed by atoms with Gasteiger partial charge in [0.05, 0.1) is 7.11 Å². The molecule has 1 aromatic carbocycles. The minimum Gasteiger partial charge on any atom is -0.469 e. The summed E-state index contributed by atoms with van der Waals surface area (Å²) in [5.74, 6) is -0.132. The molecule has 0 heterocycles. The highest BCUT2D eigenvalue weighted by Gasteiger charge is 2.07. The molecule has 100 valence electrons. The zero-order valence-electron chi connectivity index (χ0n) is 11.3. The first-order valence-electron chi connectivity index (χ1n) is 6.60. The first-order chi connectivity index (χ1) is 8.76. The van der Waals surface area contributed by atoms with Crippen LogP contribution in [0.3, 0.4) is 0 Å². The summed E-state index contributed by atoms with van der Waals surface area (Å²) in [6.45, 7) is 3.04. The minimum absolute atomic E-state index is 0.132. The van der Waals surface area contributed by atoms with Crippen molar-refractivity contribution in [1.82, 2.24) is 5.32 Å². The molecule has 1 N–H and O–H groups in total. The van der Waals surface area contributed by atoms with Crippen LogP contribution in [0.15, 0.2) is 30.3 Å². The van der Waals surface area contributed by atoms with E-state index in [1.807, 2.05) is 6.07 Å². The van der Waals surface area contributed by atoms with Crippen LogP contribution in [-0.4, -0.2) is 25.7 Å². The van der Waals surface area contributed by atoms with Crippen molar-refractivity contribution in [3.8, 4) is 0 Å². The van der Waals surface area contributed by atoms with Gasteiger partial charge >= 0.3 is 5.97 Å². The van der Waals surface area contributed by atoms with Gasteiger partial charge in [-0.15, -0.1) is 0 Å². The van der Waals surface area contributed by atoms with Gasteiger partial charge in [0.2, 0.25) is 0 Å². The number of carbonyl (C=O) groups excluding carboxylic acids is 1. The Balaban J connectivity index is 2.24. The van der Waals surface area contributed by atoms with Crippen LogP contribution < -0.4 is 5.32 Å². The standard InChI is InChI=1S/C15H23NO2/c1-3-14(12-13-8-5-4-6-9-13)16-11-7-10-15(17)18-2/h4-6,8-9,14,16H,3,7,10-12H2,1-2H3. The lowest BCUT2D eigenvalue weighted by atomic mass is 10.0. The summed E-state index contributed by atoms with van der Waals surface area (Å²) in [5.41, 5.74) is 1.35. The van der Waals surface area contributed by atoms with Gasteiger partial charge in [-0.3, -0.25) is 4.79 Å². The third-order valence-electron chi connectivity index (χ3n) is 3.04. The quantitative estimate of drug-likeness (QED) is 0.568. The van der Waals surface area contributed by atoms with Gasteiger partial charge < -0.3 is 10.1 Å². The first kappa shape index (κ1) is 14.7. The van der Waals surface area contributed by atoms with Crippen molar-refractivity contribution in [1.29, 1.82) is 0 Å². The Morgan fingerprint density at radius 1 is 1.33 bits per heavy atom. The molecule has 3 heteroatoms. The fourth-order valence-electron chi connectivity index (χ4n) is 1.90. The van der Waals surface area contributed by atoms with Crippen molar-refractivity contribution in [2.75, 3.05) is 13.7 Å². The van der Waals surface area contributed by atoms with E-state index in [1.54, 1.807) is 0 Å². The summed E-state index contributed by atoms with van der Waals surface area (Å²) in [6, 6.07) is 11.0. The molecule has 0 saturated carbocycles. The molecule has 0 aliphatic rings. The largest absolute Gasteiger partial charge is 0.469 e. The summed E-state index contributed by atoms with van der Waals surface area (Å²) in [4.78, 5) is 11.0. The van der Waals surface area contributed by atoms with E-state index in [4.69, 9.17) is 0 Å². The smallest absolute Gasteiger partial charge is 0.305 e. The fourth-order valence-corrected chi connectivity index (χ4v) is 1.90. The van der Waals surface area contributed by atoms with E-state index in [2.05, 4.69) is 41.2 Å². The Labute approximate surface area is 110 Å². The van der Waals surface area contributed by atoms with Crippen molar-refractivity contribution in [2.24, 2.45) is 0 Å². The molecule has 0 aliphatic carbocycles. The van der Waals surface area contributed by atoms with Crippen molar-refractivity contribution >= 4 is 5.97 Å². The van der Waals surface area contributed by atoms with Gasteiger partial charge in [0, 0.05) is 12.5 Å². The van der Waals surface area contributed by atoms with Crippen LogP contribution in [0.1, 0.15) is 31.7 Å². The molecule has 0 fully saturated rings. The molecule has 18 heavy (non-hydrogen) atoms. The van der Waals surface area contributed by atoms with Crippen LogP contribution in [0.2, 0.25) is 0 Å². The highest BCUT2D eigenvalue weighted by atomic mass is 16.5. The fraction of sp³-hybridized carbons (Fsp3) is 0.533. The average Bonchev–Trinajstić information content (AvgIpc) is 2.43. The number of nitrogens with one attached hydrogen (secondary N) is 1. The number of carbonyl (C=O) groups is 1. The van der Waals surface area contributed by atoms with E-state index in [9.17, 15) is 4.79 Å². The van der Waals surface area contributed by atoms with E-state index in [-0.39, 0.29) is 5.97 Å².